The molecular formula is C24H34N4O2S. The molecule has 31 heavy (non-hydrogen) atoms. The fraction of sp³-hybridized carbons (Fsp3) is 0.542. The van der Waals surface area contributed by atoms with Crippen LogP contribution in [0.3, 0.4) is 0 Å². The number of ether oxygens (including phenoxy) is 1. The quantitative estimate of drug-likeness (QED) is 0.223. The molecule has 7 heteroatoms. The van der Waals surface area contributed by atoms with Crippen molar-refractivity contribution in [3.05, 3.63) is 36.9 Å². The van der Waals surface area contributed by atoms with Crippen LogP contribution in [0, 0.1) is 0 Å². The van der Waals surface area contributed by atoms with E-state index in [1.54, 1.807) is 0 Å². The summed E-state index contributed by atoms with van der Waals surface area (Å²) in [6, 6.07) is 8.24. The lowest BCUT2D eigenvalue weighted by molar-refractivity contribution is -0.119. The maximum absolute atomic E-state index is 12.5. The molecule has 1 aliphatic carbocycles. The van der Waals surface area contributed by atoms with E-state index in [1.807, 2.05) is 34.9 Å². The predicted molar refractivity (Wildman–Crippen MR) is 126 cm³/mol. The third-order valence-electron chi connectivity index (χ3n) is 5.46. The molecule has 0 bridgehead atoms. The Kier molecular flexibility index (Phi) is 9.46. The zero-order chi connectivity index (χ0) is 21.9. The van der Waals surface area contributed by atoms with Crippen molar-refractivity contribution in [2.24, 2.45) is 0 Å². The van der Waals surface area contributed by atoms with Gasteiger partial charge in [-0.15, -0.1) is 16.8 Å². The molecule has 0 atom stereocenters. The molecule has 1 saturated carbocycles. The summed E-state index contributed by atoms with van der Waals surface area (Å²) in [7, 11) is 0. The second-order valence-electron chi connectivity index (χ2n) is 7.98. The third kappa shape index (κ3) is 7.13. The van der Waals surface area contributed by atoms with Gasteiger partial charge in [0.25, 0.3) is 0 Å². The molecule has 168 valence electrons. The Morgan fingerprint density at radius 3 is 2.65 bits per heavy atom. The zero-order valence-corrected chi connectivity index (χ0v) is 19.3. The van der Waals surface area contributed by atoms with Crippen molar-refractivity contribution in [1.29, 1.82) is 0 Å². The number of nitrogens with zero attached hydrogens (tertiary/aromatic N) is 3. The summed E-state index contributed by atoms with van der Waals surface area (Å²) in [4.78, 5) is 12.5. The van der Waals surface area contributed by atoms with Gasteiger partial charge >= 0.3 is 0 Å². The van der Waals surface area contributed by atoms with Gasteiger partial charge in [-0.05, 0) is 43.5 Å². The second-order valence-corrected chi connectivity index (χ2v) is 8.92. The number of benzene rings is 1. The van der Waals surface area contributed by atoms with Crippen LogP contribution in [0.2, 0.25) is 0 Å². The van der Waals surface area contributed by atoms with E-state index in [4.69, 9.17) is 4.74 Å². The standard InChI is InChI=1S/C24H34N4O2S/c1-3-5-17-30-21-14-12-19(13-15-21)23-26-27-24(28(23)16-4-2)31-18-22(29)25-20-10-8-6-7-9-11-20/h4,12-15,20H,2-3,5-11,16-18H2,1H3,(H,25,29). The molecule has 0 aliphatic heterocycles. The Hall–Kier alpha value is -2.28. The summed E-state index contributed by atoms with van der Waals surface area (Å²) in [5.41, 5.74) is 0.965. The molecule has 6 nitrogen and oxygen atoms in total. The zero-order valence-electron chi connectivity index (χ0n) is 18.5. The fourth-order valence-electron chi connectivity index (χ4n) is 3.76. The van der Waals surface area contributed by atoms with Gasteiger partial charge in [0.05, 0.1) is 12.4 Å². The minimum Gasteiger partial charge on any atom is -0.494 e. The molecule has 3 rings (SSSR count). The van der Waals surface area contributed by atoms with Gasteiger partial charge in [-0.25, -0.2) is 0 Å². The average molecular weight is 443 g/mol. The number of carbonyl (C=O) groups excluding carboxylic acids is 1. The molecule has 1 fully saturated rings. The number of hydrogen-bond acceptors (Lipinski definition) is 5. The second kappa shape index (κ2) is 12.5. The van der Waals surface area contributed by atoms with E-state index < -0.39 is 0 Å². The Morgan fingerprint density at radius 1 is 1.23 bits per heavy atom. The fourth-order valence-corrected chi connectivity index (χ4v) is 4.52. The van der Waals surface area contributed by atoms with Crippen LogP contribution in [-0.4, -0.2) is 39.1 Å². The Bertz CT molecular complexity index is 827. The van der Waals surface area contributed by atoms with Crippen LogP contribution >= 0.6 is 11.8 Å². The first-order chi connectivity index (χ1) is 15.2. The van der Waals surface area contributed by atoms with Crippen molar-refractivity contribution in [3.8, 4) is 17.1 Å². The van der Waals surface area contributed by atoms with Gasteiger partial charge in [-0.1, -0.05) is 56.9 Å². The van der Waals surface area contributed by atoms with Crippen molar-refractivity contribution in [2.45, 2.75) is 76.0 Å². The van der Waals surface area contributed by atoms with Gasteiger partial charge in [0, 0.05) is 18.2 Å². The molecule has 1 aliphatic rings. The number of rotatable bonds is 11. The van der Waals surface area contributed by atoms with Crippen LogP contribution in [0.5, 0.6) is 5.75 Å². The van der Waals surface area contributed by atoms with E-state index in [-0.39, 0.29) is 5.91 Å². The predicted octanol–water partition coefficient (Wildman–Crippen LogP) is 5.24. The Labute approximate surface area is 189 Å². The van der Waals surface area contributed by atoms with E-state index in [9.17, 15) is 4.79 Å². The first-order valence-electron chi connectivity index (χ1n) is 11.4. The molecule has 1 amide bonds. The monoisotopic (exact) mass is 442 g/mol. The van der Waals surface area contributed by atoms with E-state index in [0.717, 1.165) is 54.6 Å². The number of thioether (sulfide) groups is 1. The van der Waals surface area contributed by atoms with Gasteiger partial charge in [-0.2, -0.15) is 0 Å². The van der Waals surface area contributed by atoms with Crippen molar-refractivity contribution >= 4 is 17.7 Å². The van der Waals surface area contributed by atoms with Crippen LogP contribution in [0.1, 0.15) is 58.3 Å². The summed E-state index contributed by atoms with van der Waals surface area (Å²) in [5.74, 6) is 2.04. The van der Waals surface area contributed by atoms with E-state index in [0.29, 0.717) is 18.3 Å². The summed E-state index contributed by atoms with van der Waals surface area (Å²) >= 11 is 1.43. The van der Waals surface area contributed by atoms with Crippen molar-refractivity contribution in [1.82, 2.24) is 20.1 Å². The lowest BCUT2D eigenvalue weighted by atomic mass is 10.1. The molecule has 1 heterocycles. The smallest absolute Gasteiger partial charge is 0.230 e. The van der Waals surface area contributed by atoms with Crippen LogP contribution in [0.25, 0.3) is 11.4 Å². The number of amides is 1. The summed E-state index contributed by atoms with van der Waals surface area (Å²) in [5, 5.41) is 12.7. The molecule has 1 N–H and O–H groups in total. The van der Waals surface area contributed by atoms with Crippen LogP contribution in [0.4, 0.5) is 0 Å². The largest absolute Gasteiger partial charge is 0.494 e. The van der Waals surface area contributed by atoms with Crippen LogP contribution < -0.4 is 10.1 Å². The van der Waals surface area contributed by atoms with Gasteiger partial charge in [-0.3, -0.25) is 9.36 Å². The number of nitrogens with one attached hydrogen (secondary N) is 1. The van der Waals surface area contributed by atoms with Crippen molar-refractivity contribution < 1.29 is 9.53 Å². The van der Waals surface area contributed by atoms with E-state index >= 15 is 0 Å². The van der Waals surface area contributed by atoms with Crippen LogP contribution in [0.15, 0.2) is 42.1 Å². The summed E-state index contributed by atoms with van der Waals surface area (Å²) < 4.78 is 7.75. The average Bonchev–Trinajstić information content (AvgIpc) is 2.99. The van der Waals surface area contributed by atoms with Gasteiger partial charge in [0.2, 0.25) is 5.91 Å². The highest BCUT2D eigenvalue weighted by Gasteiger charge is 2.18. The van der Waals surface area contributed by atoms with Crippen molar-refractivity contribution in [3.63, 3.8) is 0 Å². The maximum atomic E-state index is 12.5. The number of unbranched alkanes of at least 4 members (excludes halogenated alkanes) is 1. The van der Waals surface area contributed by atoms with Crippen LogP contribution in [-0.2, 0) is 11.3 Å². The molecule has 1 aromatic carbocycles. The highest BCUT2D eigenvalue weighted by molar-refractivity contribution is 7.99. The molecule has 0 spiro atoms. The van der Waals surface area contributed by atoms with Gasteiger partial charge in [0.1, 0.15) is 5.75 Å². The minimum absolute atomic E-state index is 0.0696. The Balaban J connectivity index is 1.61. The highest BCUT2D eigenvalue weighted by atomic mass is 32.2. The molecule has 0 radical (unpaired) electrons. The first-order valence-corrected chi connectivity index (χ1v) is 12.4. The SMILES string of the molecule is C=CCn1c(SCC(=O)NC2CCCCCC2)nnc1-c1ccc(OCCCC)cc1. The molecular weight excluding hydrogens is 408 g/mol. The normalized spacial score (nSPS) is 14.7. The summed E-state index contributed by atoms with van der Waals surface area (Å²) in [6.45, 7) is 7.33. The lowest BCUT2D eigenvalue weighted by Crippen LogP contribution is -2.35. The third-order valence-corrected chi connectivity index (χ3v) is 6.43. The summed E-state index contributed by atoms with van der Waals surface area (Å²) in [6.07, 6.45) is 11.1. The minimum atomic E-state index is 0.0696. The molecule has 2 aromatic rings. The van der Waals surface area contributed by atoms with Gasteiger partial charge in [0.15, 0.2) is 11.0 Å². The topological polar surface area (TPSA) is 69.0 Å². The lowest BCUT2D eigenvalue weighted by Gasteiger charge is -2.16. The maximum Gasteiger partial charge on any atom is 0.230 e. The first kappa shape index (κ1) is 23.4. The highest BCUT2D eigenvalue weighted by Crippen LogP contribution is 2.26. The molecule has 0 unspecified atom stereocenters. The molecule has 1 aromatic heterocycles. The number of carbonyl (C=O) groups is 1. The van der Waals surface area contributed by atoms with E-state index in [2.05, 4.69) is 29.0 Å². The molecule has 0 saturated heterocycles. The number of hydrogen-bond donors (Lipinski definition) is 1. The Morgan fingerprint density at radius 2 is 1.97 bits per heavy atom. The number of allylic oxidation sites excluding steroid dienone is 1. The van der Waals surface area contributed by atoms with Gasteiger partial charge < -0.3 is 10.1 Å². The van der Waals surface area contributed by atoms with E-state index in [1.165, 1.54) is 37.4 Å². The number of aromatic nitrogens is 3. The van der Waals surface area contributed by atoms with Crippen molar-refractivity contribution in [2.75, 3.05) is 12.4 Å².